The van der Waals surface area contributed by atoms with Crippen LogP contribution in [0, 0.1) is 0 Å². The van der Waals surface area contributed by atoms with Gasteiger partial charge in [0.15, 0.2) is 0 Å². The number of hydrogen-bond acceptors (Lipinski definition) is 3. The second-order valence-corrected chi connectivity index (χ2v) is 3.78. The van der Waals surface area contributed by atoms with Crippen LogP contribution in [0.5, 0.6) is 0 Å². The predicted molar refractivity (Wildman–Crippen MR) is 58.8 cm³/mol. The van der Waals surface area contributed by atoms with Crippen LogP contribution in [-0.2, 0) is 11.2 Å². The highest BCUT2D eigenvalue weighted by molar-refractivity contribution is 5.97. The van der Waals surface area contributed by atoms with Gasteiger partial charge in [-0.2, -0.15) is 0 Å². The molecule has 4 nitrogen and oxygen atoms in total. The van der Waals surface area contributed by atoms with E-state index >= 15 is 0 Å². The van der Waals surface area contributed by atoms with Crippen molar-refractivity contribution in [3.05, 3.63) is 24.0 Å². The number of likely N-dealkylation sites (N-methyl/N-ethyl adjacent to an activating group) is 2. The van der Waals surface area contributed by atoms with Crippen molar-refractivity contribution in [2.75, 3.05) is 19.0 Å². The van der Waals surface area contributed by atoms with E-state index in [2.05, 4.69) is 10.3 Å². The van der Waals surface area contributed by atoms with Gasteiger partial charge < -0.3 is 10.2 Å². The molecule has 1 aliphatic rings. The molecule has 1 amide bonds. The molecular formula is C11H15N3O. The highest BCUT2D eigenvalue weighted by atomic mass is 16.2. The average Bonchev–Trinajstić information content (AvgIpc) is 2.39. The zero-order valence-electron chi connectivity index (χ0n) is 9.03. The maximum atomic E-state index is 12.0. The molecular weight excluding hydrogens is 190 g/mol. The van der Waals surface area contributed by atoms with Crippen LogP contribution in [0.3, 0.4) is 0 Å². The minimum absolute atomic E-state index is 0.0811. The highest BCUT2D eigenvalue weighted by Crippen LogP contribution is 2.24. The summed E-state index contributed by atoms with van der Waals surface area (Å²) in [6, 6.07) is 1.90. The van der Waals surface area contributed by atoms with Gasteiger partial charge in [-0.1, -0.05) is 0 Å². The number of aromatic nitrogens is 1. The summed E-state index contributed by atoms with van der Waals surface area (Å²) in [6.45, 7) is 0. The van der Waals surface area contributed by atoms with Crippen LogP contribution >= 0.6 is 0 Å². The van der Waals surface area contributed by atoms with Crippen molar-refractivity contribution >= 4 is 11.6 Å². The van der Waals surface area contributed by atoms with E-state index in [-0.39, 0.29) is 11.9 Å². The monoisotopic (exact) mass is 205 g/mol. The number of fused-ring (bicyclic) bond motifs is 1. The van der Waals surface area contributed by atoms with Crippen molar-refractivity contribution in [2.45, 2.75) is 18.9 Å². The molecule has 1 aliphatic heterocycles. The predicted octanol–water partition coefficient (Wildman–Crippen LogP) is 0.579. The van der Waals surface area contributed by atoms with Crippen LogP contribution in [0.25, 0.3) is 0 Å². The Bertz CT molecular complexity index is 378. The Morgan fingerprint density at radius 3 is 3.13 bits per heavy atom. The molecule has 1 unspecified atom stereocenters. The van der Waals surface area contributed by atoms with Crippen LogP contribution in [0.4, 0.5) is 5.69 Å². The fourth-order valence-electron chi connectivity index (χ4n) is 1.97. The normalized spacial score (nSPS) is 21.1. The molecule has 15 heavy (non-hydrogen) atoms. The number of nitrogens with one attached hydrogen (secondary N) is 1. The summed E-state index contributed by atoms with van der Waals surface area (Å²) in [4.78, 5) is 17.7. The first-order chi connectivity index (χ1) is 7.24. The van der Waals surface area contributed by atoms with Gasteiger partial charge in [-0.05, 0) is 31.5 Å². The number of anilines is 1. The first-order valence-corrected chi connectivity index (χ1v) is 5.11. The second kappa shape index (κ2) is 3.98. The molecule has 0 radical (unpaired) electrons. The summed E-state index contributed by atoms with van der Waals surface area (Å²) >= 11 is 0. The zero-order valence-corrected chi connectivity index (χ0v) is 9.03. The number of pyridine rings is 1. The van der Waals surface area contributed by atoms with Crippen molar-refractivity contribution in [2.24, 2.45) is 0 Å². The Kier molecular flexibility index (Phi) is 2.68. The lowest BCUT2D eigenvalue weighted by Gasteiger charge is -2.20. The highest BCUT2D eigenvalue weighted by Gasteiger charge is 2.26. The average molecular weight is 205 g/mol. The summed E-state index contributed by atoms with van der Waals surface area (Å²) in [6.07, 6.45) is 5.29. The van der Waals surface area contributed by atoms with Crippen molar-refractivity contribution in [1.82, 2.24) is 10.3 Å². The molecule has 0 bridgehead atoms. The van der Waals surface area contributed by atoms with Crippen LogP contribution in [0.1, 0.15) is 12.0 Å². The molecule has 4 heteroatoms. The van der Waals surface area contributed by atoms with E-state index < -0.39 is 0 Å². The number of amides is 1. The lowest BCUT2D eigenvalue weighted by atomic mass is 10.1. The van der Waals surface area contributed by atoms with Crippen molar-refractivity contribution < 1.29 is 4.79 Å². The molecule has 2 heterocycles. The zero-order chi connectivity index (χ0) is 10.8. The summed E-state index contributed by atoms with van der Waals surface area (Å²) in [5.41, 5.74) is 2.12. The molecule has 0 aromatic carbocycles. The van der Waals surface area contributed by atoms with Crippen LogP contribution in [0.2, 0.25) is 0 Å². The number of hydrogen-bond donors (Lipinski definition) is 1. The van der Waals surface area contributed by atoms with Crippen molar-refractivity contribution in [3.63, 3.8) is 0 Å². The first-order valence-electron chi connectivity index (χ1n) is 5.11. The van der Waals surface area contributed by atoms with E-state index in [9.17, 15) is 4.79 Å². The van der Waals surface area contributed by atoms with Gasteiger partial charge in [0.05, 0.1) is 17.9 Å². The number of aryl methyl sites for hydroxylation is 1. The quantitative estimate of drug-likeness (QED) is 0.729. The second-order valence-electron chi connectivity index (χ2n) is 3.78. The van der Waals surface area contributed by atoms with E-state index in [1.54, 1.807) is 24.3 Å². The van der Waals surface area contributed by atoms with Gasteiger partial charge >= 0.3 is 0 Å². The fourth-order valence-corrected chi connectivity index (χ4v) is 1.97. The van der Waals surface area contributed by atoms with Crippen LogP contribution in [0.15, 0.2) is 18.5 Å². The number of carbonyl (C=O) groups is 1. The molecule has 1 N–H and O–H groups in total. The third-order valence-electron chi connectivity index (χ3n) is 2.93. The number of rotatable bonds is 1. The maximum Gasteiger partial charge on any atom is 0.243 e. The van der Waals surface area contributed by atoms with Gasteiger partial charge in [-0.3, -0.25) is 9.78 Å². The Hall–Kier alpha value is -1.42. The van der Waals surface area contributed by atoms with Gasteiger partial charge in [0.2, 0.25) is 5.91 Å². The van der Waals surface area contributed by atoms with Crippen molar-refractivity contribution in [3.8, 4) is 0 Å². The standard InChI is InChI=1S/C11H15N3O/c1-12-9-4-3-8-5-6-13-7-10(8)14(2)11(9)15/h5-7,9,12H,3-4H2,1-2H3. The van der Waals surface area contributed by atoms with E-state index in [1.165, 1.54) is 5.56 Å². The largest absolute Gasteiger partial charge is 0.312 e. The minimum Gasteiger partial charge on any atom is -0.312 e. The summed E-state index contributed by atoms with van der Waals surface area (Å²) in [5.74, 6) is 0.115. The van der Waals surface area contributed by atoms with Gasteiger partial charge in [0.1, 0.15) is 0 Å². The molecule has 0 saturated heterocycles. The maximum absolute atomic E-state index is 12.0. The number of carbonyl (C=O) groups excluding carboxylic acids is 1. The lowest BCUT2D eigenvalue weighted by Crippen LogP contribution is -2.42. The molecule has 0 saturated carbocycles. The van der Waals surface area contributed by atoms with E-state index in [0.717, 1.165) is 18.5 Å². The smallest absolute Gasteiger partial charge is 0.243 e. The Morgan fingerprint density at radius 2 is 2.40 bits per heavy atom. The first kappa shape index (κ1) is 10.1. The molecule has 0 spiro atoms. The lowest BCUT2D eigenvalue weighted by molar-refractivity contribution is -0.120. The van der Waals surface area contributed by atoms with E-state index in [0.29, 0.717) is 0 Å². The molecule has 1 aromatic rings. The molecule has 1 atom stereocenters. The topological polar surface area (TPSA) is 45.2 Å². The fraction of sp³-hybridized carbons (Fsp3) is 0.455. The van der Waals surface area contributed by atoms with Gasteiger partial charge in [-0.25, -0.2) is 0 Å². The van der Waals surface area contributed by atoms with Crippen LogP contribution in [-0.4, -0.2) is 31.0 Å². The molecule has 0 fully saturated rings. The molecule has 2 rings (SSSR count). The van der Waals surface area contributed by atoms with Gasteiger partial charge in [0.25, 0.3) is 0 Å². The Morgan fingerprint density at radius 1 is 1.60 bits per heavy atom. The van der Waals surface area contributed by atoms with Gasteiger partial charge in [-0.15, -0.1) is 0 Å². The van der Waals surface area contributed by atoms with E-state index in [4.69, 9.17) is 0 Å². The Balaban J connectivity index is 2.39. The SMILES string of the molecule is CNC1CCc2ccncc2N(C)C1=O. The summed E-state index contributed by atoms with van der Waals surface area (Å²) in [5, 5.41) is 3.05. The summed E-state index contributed by atoms with van der Waals surface area (Å²) < 4.78 is 0. The number of nitrogens with zero attached hydrogens (tertiary/aromatic N) is 2. The third kappa shape index (κ3) is 1.72. The minimum atomic E-state index is -0.0811. The molecule has 0 aliphatic carbocycles. The molecule has 80 valence electrons. The third-order valence-corrected chi connectivity index (χ3v) is 2.93. The van der Waals surface area contributed by atoms with Gasteiger partial charge in [0, 0.05) is 13.2 Å². The van der Waals surface area contributed by atoms with E-state index in [1.807, 2.05) is 13.1 Å². The van der Waals surface area contributed by atoms with Crippen molar-refractivity contribution in [1.29, 1.82) is 0 Å². The Labute approximate surface area is 89.3 Å². The summed E-state index contributed by atoms with van der Waals surface area (Å²) in [7, 11) is 3.63. The van der Waals surface area contributed by atoms with Crippen LogP contribution < -0.4 is 10.2 Å². The molecule has 1 aromatic heterocycles.